The number of benzene rings is 1. The number of nitrogens with one attached hydrogen (secondary N) is 1. The first-order valence-electron chi connectivity index (χ1n) is 6.02. The van der Waals surface area contributed by atoms with E-state index in [9.17, 15) is 4.79 Å². The van der Waals surface area contributed by atoms with Gasteiger partial charge in [-0.05, 0) is 12.5 Å². The SMILES string of the molecule is CCOC(=O)Nc1nnc(C(C)c2ccccc2)s1. The molecule has 1 amide bonds. The van der Waals surface area contributed by atoms with E-state index in [4.69, 9.17) is 4.74 Å². The van der Waals surface area contributed by atoms with Crippen LogP contribution >= 0.6 is 11.3 Å². The van der Waals surface area contributed by atoms with Gasteiger partial charge in [0.1, 0.15) is 5.01 Å². The Morgan fingerprint density at radius 2 is 2.11 bits per heavy atom. The summed E-state index contributed by atoms with van der Waals surface area (Å²) in [5, 5.41) is 11.9. The second kappa shape index (κ2) is 6.29. The van der Waals surface area contributed by atoms with Gasteiger partial charge in [-0.15, -0.1) is 10.2 Å². The summed E-state index contributed by atoms with van der Waals surface area (Å²) >= 11 is 1.36. The van der Waals surface area contributed by atoms with Crippen molar-refractivity contribution >= 4 is 22.6 Å². The lowest BCUT2D eigenvalue weighted by Crippen LogP contribution is -2.12. The maximum absolute atomic E-state index is 11.3. The van der Waals surface area contributed by atoms with Gasteiger partial charge in [0, 0.05) is 5.92 Å². The van der Waals surface area contributed by atoms with E-state index in [0.717, 1.165) is 5.01 Å². The lowest BCUT2D eigenvalue weighted by Gasteiger charge is -2.06. The van der Waals surface area contributed by atoms with Gasteiger partial charge in [-0.1, -0.05) is 48.6 Å². The van der Waals surface area contributed by atoms with Gasteiger partial charge in [-0.3, -0.25) is 5.32 Å². The van der Waals surface area contributed by atoms with Crippen molar-refractivity contribution in [3.8, 4) is 0 Å². The Morgan fingerprint density at radius 3 is 2.79 bits per heavy atom. The second-order valence-electron chi connectivity index (χ2n) is 3.92. The van der Waals surface area contributed by atoms with Crippen molar-refractivity contribution in [3.63, 3.8) is 0 Å². The summed E-state index contributed by atoms with van der Waals surface area (Å²) in [6, 6.07) is 10.0. The molecule has 0 aliphatic carbocycles. The molecule has 2 rings (SSSR count). The van der Waals surface area contributed by atoms with Crippen LogP contribution < -0.4 is 5.32 Å². The molecule has 0 spiro atoms. The molecule has 0 radical (unpaired) electrons. The van der Waals surface area contributed by atoms with Gasteiger partial charge in [0.25, 0.3) is 0 Å². The van der Waals surface area contributed by atoms with Gasteiger partial charge >= 0.3 is 6.09 Å². The van der Waals surface area contributed by atoms with Gasteiger partial charge in [0.15, 0.2) is 0 Å². The quantitative estimate of drug-likeness (QED) is 0.931. The van der Waals surface area contributed by atoms with Crippen LogP contribution in [0.25, 0.3) is 0 Å². The van der Waals surface area contributed by atoms with E-state index < -0.39 is 6.09 Å². The fraction of sp³-hybridized carbons (Fsp3) is 0.308. The number of anilines is 1. The van der Waals surface area contributed by atoms with Crippen LogP contribution in [0.1, 0.15) is 30.3 Å². The Hall–Kier alpha value is -1.95. The number of carbonyl (C=O) groups is 1. The van der Waals surface area contributed by atoms with Gasteiger partial charge < -0.3 is 4.74 Å². The topological polar surface area (TPSA) is 64.1 Å². The average molecular weight is 277 g/mol. The van der Waals surface area contributed by atoms with Crippen LogP contribution in [0, 0.1) is 0 Å². The number of ether oxygens (including phenoxy) is 1. The number of hydrogen-bond acceptors (Lipinski definition) is 5. The van der Waals surface area contributed by atoms with Crippen LogP contribution in [-0.4, -0.2) is 22.9 Å². The van der Waals surface area contributed by atoms with Gasteiger partial charge in [-0.25, -0.2) is 4.79 Å². The van der Waals surface area contributed by atoms with E-state index in [1.807, 2.05) is 30.3 Å². The summed E-state index contributed by atoms with van der Waals surface area (Å²) in [6.07, 6.45) is -0.502. The Bertz CT molecular complexity index is 542. The highest BCUT2D eigenvalue weighted by Crippen LogP contribution is 2.28. The van der Waals surface area contributed by atoms with E-state index in [0.29, 0.717) is 11.7 Å². The first kappa shape index (κ1) is 13.5. The highest BCUT2D eigenvalue weighted by atomic mass is 32.1. The van der Waals surface area contributed by atoms with Gasteiger partial charge in [-0.2, -0.15) is 0 Å². The zero-order valence-electron chi connectivity index (χ0n) is 10.8. The third-order valence-corrected chi connectivity index (χ3v) is 3.62. The number of nitrogens with zero attached hydrogens (tertiary/aromatic N) is 2. The predicted octanol–water partition coefficient (Wildman–Crippen LogP) is 3.26. The van der Waals surface area contributed by atoms with Crippen molar-refractivity contribution in [1.82, 2.24) is 10.2 Å². The maximum atomic E-state index is 11.3. The minimum atomic E-state index is -0.502. The first-order chi connectivity index (χ1) is 9.20. The molecule has 0 aliphatic rings. The zero-order chi connectivity index (χ0) is 13.7. The van der Waals surface area contributed by atoms with Gasteiger partial charge in [0.2, 0.25) is 5.13 Å². The third kappa shape index (κ3) is 3.51. The van der Waals surface area contributed by atoms with Gasteiger partial charge in [0.05, 0.1) is 6.61 Å². The van der Waals surface area contributed by atoms with E-state index >= 15 is 0 Å². The summed E-state index contributed by atoms with van der Waals surface area (Å²) in [6.45, 7) is 4.14. The summed E-state index contributed by atoms with van der Waals surface area (Å²) in [5.74, 6) is 0.149. The van der Waals surface area contributed by atoms with Crippen molar-refractivity contribution in [2.75, 3.05) is 11.9 Å². The fourth-order valence-corrected chi connectivity index (χ4v) is 2.41. The minimum absolute atomic E-state index is 0.149. The summed E-state index contributed by atoms with van der Waals surface area (Å²) in [7, 11) is 0. The molecule has 0 saturated carbocycles. The lowest BCUT2D eigenvalue weighted by molar-refractivity contribution is 0.168. The number of rotatable bonds is 4. The monoisotopic (exact) mass is 277 g/mol. The smallest absolute Gasteiger partial charge is 0.413 e. The number of amides is 1. The largest absolute Gasteiger partial charge is 0.450 e. The Balaban J connectivity index is 2.06. The molecule has 1 aromatic carbocycles. The molecule has 1 heterocycles. The summed E-state index contributed by atoms with van der Waals surface area (Å²) in [5.41, 5.74) is 1.17. The van der Waals surface area contributed by atoms with Crippen LogP contribution in [0.15, 0.2) is 30.3 Å². The molecule has 1 aromatic heterocycles. The molecule has 1 unspecified atom stereocenters. The van der Waals surface area contributed by atoms with Crippen LogP contribution in [0.2, 0.25) is 0 Å². The number of carbonyl (C=O) groups excluding carboxylic acids is 1. The molecule has 0 bridgehead atoms. The molecule has 6 heteroatoms. The number of hydrogen-bond donors (Lipinski definition) is 1. The molecule has 100 valence electrons. The van der Waals surface area contributed by atoms with Crippen LogP contribution in [0.3, 0.4) is 0 Å². The molecule has 0 saturated heterocycles. The molecule has 0 fully saturated rings. The predicted molar refractivity (Wildman–Crippen MR) is 74.5 cm³/mol. The standard InChI is InChI=1S/C13H15N3O2S/c1-3-18-13(17)14-12-16-15-11(19-12)9(2)10-7-5-4-6-8-10/h4-9H,3H2,1-2H3,(H,14,16,17). The van der Waals surface area contributed by atoms with E-state index in [2.05, 4.69) is 22.4 Å². The molecule has 0 aliphatic heterocycles. The third-order valence-electron chi connectivity index (χ3n) is 2.60. The molecular weight excluding hydrogens is 262 g/mol. The lowest BCUT2D eigenvalue weighted by atomic mass is 10.0. The van der Waals surface area contributed by atoms with Crippen LogP contribution in [0.5, 0.6) is 0 Å². The molecular formula is C13H15N3O2S. The average Bonchev–Trinajstić information content (AvgIpc) is 2.87. The van der Waals surface area contributed by atoms with Crippen molar-refractivity contribution in [3.05, 3.63) is 40.9 Å². The second-order valence-corrected chi connectivity index (χ2v) is 4.93. The minimum Gasteiger partial charge on any atom is -0.450 e. The van der Waals surface area contributed by atoms with Crippen LogP contribution in [0.4, 0.5) is 9.93 Å². The fourth-order valence-electron chi connectivity index (χ4n) is 1.60. The van der Waals surface area contributed by atoms with E-state index in [1.165, 1.54) is 16.9 Å². The zero-order valence-corrected chi connectivity index (χ0v) is 11.6. The summed E-state index contributed by atoms with van der Waals surface area (Å²) < 4.78 is 4.79. The Kier molecular flexibility index (Phi) is 4.46. The summed E-state index contributed by atoms with van der Waals surface area (Å²) in [4.78, 5) is 11.3. The van der Waals surface area contributed by atoms with E-state index in [-0.39, 0.29) is 5.92 Å². The van der Waals surface area contributed by atoms with Crippen molar-refractivity contribution in [2.45, 2.75) is 19.8 Å². The molecule has 2 aromatic rings. The van der Waals surface area contributed by atoms with Crippen LogP contribution in [-0.2, 0) is 4.74 Å². The molecule has 1 N–H and O–H groups in total. The Morgan fingerprint density at radius 1 is 1.37 bits per heavy atom. The number of aromatic nitrogens is 2. The van der Waals surface area contributed by atoms with Crippen molar-refractivity contribution in [2.24, 2.45) is 0 Å². The Labute approximate surface area is 115 Å². The highest BCUT2D eigenvalue weighted by molar-refractivity contribution is 7.15. The molecule has 1 atom stereocenters. The van der Waals surface area contributed by atoms with E-state index in [1.54, 1.807) is 6.92 Å². The maximum Gasteiger partial charge on any atom is 0.413 e. The highest BCUT2D eigenvalue weighted by Gasteiger charge is 2.15. The van der Waals surface area contributed by atoms with Crippen molar-refractivity contribution < 1.29 is 9.53 Å². The first-order valence-corrected chi connectivity index (χ1v) is 6.84. The van der Waals surface area contributed by atoms with Crippen molar-refractivity contribution in [1.29, 1.82) is 0 Å². The normalized spacial score (nSPS) is 11.9. The molecule has 5 nitrogen and oxygen atoms in total. The molecule has 19 heavy (non-hydrogen) atoms.